The molecule has 0 aliphatic heterocycles. The molecule has 0 bridgehead atoms. The number of hydrogen-bond donors (Lipinski definition) is 0. The number of esters is 1. The van der Waals surface area contributed by atoms with Gasteiger partial charge in [0.1, 0.15) is 0 Å². The van der Waals surface area contributed by atoms with Crippen molar-refractivity contribution in [3.05, 3.63) is 0 Å². The normalized spacial score (nSPS) is 8.80. The second kappa shape index (κ2) is 6.87. The van der Waals surface area contributed by atoms with Gasteiger partial charge in [-0.25, -0.2) is 0 Å². The van der Waals surface area contributed by atoms with E-state index in [4.69, 9.17) is 4.74 Å². The lowest BCUT2D eigenvalue weighted by Crippen LogP contribution is -2.11. The summed E-state index contributed by atoms with van der Waals surface area (Å²) in [4.78, 5) is 10.7. The summed E-state index contributed by atoms with van der Waals surface area (Å²) < 4.78 is 4.81. The molecule has 0 aromatic rings. The van der Waals surface area contributed by atoms with E-state index >= 15 is 0 Å². The predicted octanol–water partition coefficient (Wildman–Crippen LogP) is 2.02. The molecule has 0 heterocycles. The first-order valence-corrected chi connectivity index (χ1v) is 3.35. The maximum atomic E-state index is 10.7. The number of ether oxygens (including phenoxy) is 1. The minimum Gasteiger partial charge on any atom is -0.465 e. The number of halogens is 1. The Morgan fingerprint density at radius 1 is 1.50 bits per heavy atom. The van der Waals surface area contributed by atoms with Crippen LogP contribution in [0.25, 0.3) is 0 Å². The molecule has 62 valence electrons. The molecule has 0 fully saturated rings. The molecule has 0 aromatic carbocycles. The fraction of sp³-hybridized carbons (Fsp3) is 0.857. The van der Waals surface area contributed by atoms with Crippen molar-refractivity contribution in [1.29, 1.82) is 0 Å². The molecule has 0 aromatic heterocycles. The number of carbonyl (C=O) groups excluding carboxylic acids is 1. The summed E-state index contributed by atoms with van der Waals surface area (Å²) in [6, 6.07) is 0. The van der Waals surface area contributed by atoms with E-state index in [0.717, 1.165) is 6.42 Å². The van der Waals surface area contributed by atoms with E-state index in [1.807, 2.05) is 20.8 Å². The topological polar surface area (TPSA) is 26.3 Å². The summed E-state index contributed by atoms with van der Waals surface area (Å²) in [5, 5.41) is 0. The Kier molecular flexibility index (Phi) is 8.55. The van der Waals surface area contributed by atoms with Crippen molar-refractivity contribution < 1.29 is 9.53 Å². The first-order chi connectivity index (χ1) is 4.18. The Labute approximate surface area is 68.4 Å². The van der Waals surface area contributed by atoms with Crippen LogP contribution in [-0.4, -0.2) is 12.6 Å². The predicted molar refractivity (Wildman–Crippen MR) is 43.3 cm³/mol. The van der Waals surface area contributed by atoms with Gasteiger partial charge in [0.05, 0.1) is 12.5 Å². The van der Waals surface area contributed by atoms with E-state index in [1.54, 1.807) is 0 Å². The molecular formula is C7H15ClO2. The van der Waals surface area contributed by atoms with Crippen LogP contribution in [0.1, 0.15) is 27.2 Å². The van der Waals surface area contributed by atoms with Crippen LogP contribution in [0.2, 0.25) is 0 Å². The van der Waals surface area contributed by atoms with Gasteiger partial charge in [0, 0.05) is 0 Å². The van der Waals surface area contributed by atoms with Gasteiger partial charge in [-0.05, 0) is 6.42 Å². The van der Waals surface area contributed by atoms with Gasteiger partial charge >= 0.3 is 5.97 Å². The van der Waals surface area contributed by atoms with Crippen molar-refractivity contribution in [2.75, 3.05) is 6.61 Å². The largest absolute Gasteiger partial charge is 0.465 e. The molecule has 0 saturated carbocycles. The van der Waals surface area contributed by atoms with Gasteiger partial charge in [-0.2, -0.15) is 0 Å². The lowest BCUT2D eigenvalue weighted by Gasteiger charge is -2.03. The summed E-state index contributed by atoms with van der Waals surface area (Å²) in [5.41, 5.74) is 0. The fourth-order valence-corrected chi connectivity index (χ4v) is 0.369. The standard InChI is InChI=1S/C7H14O2.ClH/c1-4-5-9-7(8)6(2)3;/h6H,4-5H2,1-3H3;1H. The third kappa shape index (κ3) is 5.89. The van der Waals surface area contributed by atoms with Gasteiger partial charge in [-0.3, -0.25) is 4.79 Å². The van der Waals surface area contributed by atoms with Gasteiger partial charge in [-0.15, -0.1) is 12.4 Å². The molecule has 0 unspecified atom stereocenters. The lowest BCUT2D eigenvalue weighted by atomic mass is 10.2. The molecule has 0 spiro atoms. The van der Waals surface area contributed by atoms with Crippen molar-refractivity contribution in [3.8, 4) is 0 Å². The van der Waals surface area contributed by atoms with Gasteiger partial charge in [0.15, 0.2) is 0 Å². The Morgan fingerprint density at radius 2 is 2.00 bits per heavy atom. The Balaban J connectivity index is 0. The highest BCUT2D eigenvalue weighted by Gasteiger charge is 2.05. The maximum absolute atomic E-state index is 10.7. The molecule has 0 N–H and O–H groups in total. The number of hydrogen-bond acceptors (Lipinski definition) is 2. The average molecular weight is 167 g/mol. The van der Waals surface area contributed by atoms with Crippen molar-refractivity contribution in [2.45, 2.75) is 27.2 Å². The maximum Gasteiger partial charge on any atom is 0.308 e. The van der Waals surface area contributed by atoms with Crippen molar-refractivity contribution in [2.24, 2.45) is 5.92 Å². The molecule has 3 heteroatoms. The summed E-state index contributed by atoms with van der Waals surface area (Å²) >= 11 is 0. The summed E-state index contributed by atoms with van der Waals surface area (Å²) in [6.07, 6.45) is 0.901. The Morgan fingerprint density at radius 3 is 2.30 bits per heavy atom. The summed E-state index contributed by atoms with van der Waals surface area (Å²) in [7, 11) is 0. The van der Waals surface area contributed by atoms with E-state index in [9.17, 15) is 4.79 Å². The lowest BCUT2D eigenvalue weighted by molar-refractivity contribution is -0.147. The van der Waals surface area contributed by atoms with Gasteiger partial charge in [0.2, 0.25) is 0 Å². The fourth-order valence-electron chi connectivity index (χ4n) is 0.369. The molecule has 0 amide bonds. The minimum absolute atomic E-state index is 0. The molecule has 0 rings (SSSR count). The molecule has 2 nitrogen and oxygen atoms in total. The van der Waals surface area contributed by atoms with Crippen LogP contribution < -0.4 is 0 Å². The molecule has 0 atom stereocenters. The quantitative estimate of drug-likeness (QED) is 0.600. The highest BCUT2D eigenvalue weighted by molar-refractivity contribution is 5.85. The van der Waals surface area contributed by atoms with Crippen LogP contribution in [0, 0.1) is 5.92 Å². The molecular weight excluding hydrogens is 152 g/mol. The van der Waals surface area contributed by atoms with Crippen LogP contribution in [0.3, 0.4) is 0 Å². The average Bonchev–Trinajstić information content (AvgIpc) is 1.82. The van der Waals surface area contributed by atoms with Crippen molar-refractivity contribution >= 4 is 18.4 Å². The van der Waals surface area contributed by atoms with Crippen LogP contribution in [-0.2, 0) is 9.53 Å². The van der Waals surface area contributed by atoms with E-state index in [-0.39, 0.29) is 24.3 Å². The number of rotatable bonds is 3. The monoisotopic (exact) mass is 166 g/mol. The van der Waals surface area contributed by atoms with E-state index < -0.39 is 0 Å². The molecule has 0 aliphatic carbocycles. The van der Waals surface area contributed by atoms with Crippen molar-refractivity contribution in [3.63, 3.8) is 0 Å². The van der Waals surface area contributed by atoms with Crippen LogP contribution in [0.4, 0.5) is 0 Å². The zero-order valence-corrected chi connectivity index (χ0v) is 7.53. The smallest absolute Gasteiger partial charge is 0.308 e. The first-order valence-electron chi connectivity index (χ1n) is 3.35. The molecule has 0 saturated heterocycles. The number of carbonyl (C=O) groups is 1. The SMILES string of the molecule is CCCOC(=O)C(C)C.Cl. The molecule has 10 heavy (non-hydrogen) atoms. The molecule has 0 aliphatic rings. The van der Waals surface area contributed by atoms with Crippen LogP contribution in [0.5, 0.6) is 0 Å². The van der Waals surface area contributed by atoms with E-state index in [1.165, 1.54) is 0 Å². The Bertz CT molecular complexity index is 91.6. The van der Waals surface area contributed by atoms with E-state index in [0.29, 0.717) is 6.61 Å². The Hall–Kier alpha value is -0.240. The second-order valence-corrected chi connectivity index (χ2v) is 2.32. The van der Waals surface area contributed by atoms with Crippen molar-refractivity contribution in [1.82, 2.24) is 0 Å². The van der Waals surface area contributed by atoms with Crippen LogP contribution in [0.15, 0.2) is 0 Å². The zero-order chi connectivity index (χ0) is 7.28. The van der Waals surface area contributed by atoms with Gasteiger partial charge in [0.25, 0.3) is 0 Å². The first kappa shape index (κ1) is 12.4. The van der Waals surface area contributed by atoms with Gasteiger partial charge in [-0.1, -0.05) is 20.8 Å². The third-order valence-corrected chi connectivity index (χ3v) is 0.920. The van der Waals surface area contributed by atoms with E-state index in [2.05, 4.69) is 0 Å². The third-order valence-electron chi connectivity index (χ3n) is 0.920. The second-order valence-electron chi connectivity index (χ2n) is 2.32. The highest BCUT2D eigenvalue weighted by Crippen LogP contribution is 1.95. The zero-order valence-electron chi connectivity index (χ0n) is 6.72. The minimum atomic E-state index is -0.100. The summed E-state index contributed by atoms with van der Waals surface area (Å²) in [5.74, 6) is -0.0894. The highest BCUT2D eigenvalue weighted by atomic mass is 35.5. The molecule has 0 radical (unpaired) electrons. The van der Waals surface area contributed by atoms with Gasteiger partial charge < -0.3 is 4.74 Å². The summed E-state index contributed by atoms with van der Waals surface area (Å²) in [6.45, 7) is 6.20. The van der Waals surface area contributed by atoms with Crippen LogP contribution >= 0.6 is 12.4 Å².